The van der Waals surface area contributed by atoms with Crippen LogP contribution in [0.25, 0.3) is 11.5 Å². The van der Waals surface area contributed by atoms with E-state index in [0.29, 0.717) is 35.7 Å². The van der Waals surface area contributed by atoms with E-state index in [1.54, 1.807) is 6.20 Å². The molecule has 0 aromatic carbocycles. The Labute approximate surface area is 145 Å². The predicted octanol–water partition coefficient (Wildman–Crippen LogP) is 2.98. The zero-order valence-electron chi connectivity index (χ0n) is 14.3. The van der Waals surface area contributed by atoms with Gasteiger partial charge < -0.3 is 8.94 Å². The van der Waals surface area contributed by atoms with Crippen LogP contribution in [-0.4, -0.2) is 36.8 Å². The van der Waals surface area contributed by atoms with Gasteiger partial charge in [-0.1, -0.05) is 25.1 Å². The fourth-order valence-electron chi connectivity index (χ4n) is 3.00. The van der Waals surface area contributed by atoms with Gasteiger partial charge in [-0.3, -0.25) is 9.88 Å². The molecule has 0 aliphatic carbocycles. The van der Waals surface area contributed by atoms with Gasteiger partial charge in [-0.25, -0.2) is 0 Å². The van der Waals surface area contributed by atoms with Crippen molar-refractivity contribution in [1.82, 2.24) is 30.2 Å². The van der Waals surface area contributed by atoms with E-state index < -0.39 is 0 Å². The molecule has 0 bridgehead atoms. The van der Waals surface area contributed by atoms with Crippen molar-refractivity contribution in [3.63, 3.8) is 0 Å². The number of hydrogen-bond donors (Lipinski definition) is 0. The number of pyridine rings is 1. The third kappa shape index (κ3) is 3.30. The SMILES string of the molecule is CC(C)c1nnc(CN2CCCC2c2nc(-c3ccccn3)no2)o1. The maximum absolute atomic E-state index is 5.73. The van der Waals surface area contributed by atoms with Gasteiger partial charge in [0.25, 0.3) is 0 Å². The van der Waals surface area contributed by atoms with Crippen molar-refractivity contribution < 1.29 is 8.94 Å². The van der Waals surface area contributed by atoms with Crippen molar-refractivity contribution in [2.24, 2.45) is 0 Å². The Morgan fingerprint density at radius 3 is 2.96 bits per heavy atom. The lowest BCUT2D eigenvalue weighted by molar-refractivity contribution is 0.184. The molecule has 4 heterocycles. The summed E-state index contributed by atoms with van der Waals surface area (Å²) in [5.41, 5.74) is 0.709. The minimum Gasteiger partial charge on any atom is -0.424 e. The maximum Gasteiger partial charge on any atom is 0.244 e. The molecule has 1 fully saturated rings. The molecule has 4 rings (SSSR count). The number of likely N-dealkylation sites (tertiary alicyclic amines) is 1. The van der Waals surface area contributed by atoms with Gasteiger partial charge in [0.1, 0.15) is 5.69 Å². The minimum absolute atomic E-state index is 0.0689. The fraction of sp³-hybridized carbons (Fsp3) is 0.471. The standard InChI is InChI=1S/C17H20N6O2/c1-11(2)16-21-20-14(24-16)10-23-9-5-7-13(23)17-19-15(22-25-17)12-6-3-4-8-18-12/h3-4,6,8,11,13H,5,7,9-10H2,1-2H3. The first-order chi connectivity index (χ1) is 12.2. The number of rotatable bonds is 5. The molecule has 1 saturated heterocycles. The van der Waals surface area contributed by atoms with Crippen LogP contribution in [0.15, 0.2) is 33.3 Å². The molecule has 8 heteroatoms. The first kappa shape index (κ1) is 15.9. The molecule has 0 saturated carbocycles. The van der Waals surface area contributed by atoms with Crippen LogP contribution in [0.1, 0.15) is 56.3 Å². The van der Waals surface area contributed by atoms with E-state index in [-0.39, 0.29) is 12.0 Å². The van der Waals surface area contributed by atoms with E-state index in [0.717, 1.165) is 19.4 Å². The summed E-state index contributed by atoms with van der Waals surface area (Å²) in [6.07, 6.45) is 3.75. The highest BCUT2D eigenvalue weighted by Crippen LogP contribution is 2.33. The molecule has 0 spiro atoms. The first-order valence-electron chi connectivity index (χ1n) is 8.52. The molecule has 1 aliphatic heterocycles. The molecule has 0 radical (unpaired) electrons. The van der Waals surface area contributed by atoms with Gasteiger partial charge in [0.15, 0.2) is 0 Å². The molecule has 3 aromatic rings. The van der Waals surface area contributed by atoms with Crippen LogP contribution < -0.4 is 0 Å². The summed E-state index contributed by atoms with van der Waals surface area (Å²) in [5, 5.41) is 12.3. The van der Waals surface area contributed by atoms with E-state index in [2.05, 4.69) is 30.2 Å². The summed E-state index contributed by atoms with van der Waals surface area (Å²) >= 11 is 0. The van der Waals surface area contributed by atoms with Crippen LogP contribution in [0.4, 0.5) is 0 Å². The maximum atomic E-state index is 5.73. The minimum atomic E-state index is 0.0689. The summed E-state index contributed by atoms with van der Waals surface area (Å²) in [6, 6.07) is 5.70. The second-order valence-corrected chi connectivity index (χ2v) is 6.49. The first-order valence-corrected chi connectivity index (χ1v) is 8.52. The molecular weight excluding hydrogens is 320 g/mol. The van der Waals surface area contributed by atoms with Crippen LogP contribution in [0, 0.1) is 0 Å². The van der Waals surface area contributed by atoms with Crippen LogP contribution >= 0.6 is 0 Å². The van der Waals surface area contributed by atoms with E-state index in [9.17, 15) is 0 Å². The fourth-order valence-corrected chi connectivity index (χ4v) is 3.00. The zero-order chi connectivity index (χ0) is 17.2. The van der Waals surface area contributed by atoms with Gasteiger partial charge >= 0.3 is 0 Å². The molecule has 130 valence electrons. The molecule has 8 nitrogen and oxygen atoms in total. The van der Waals surface area contributed by atoms with Crippen molar-refractivity contribution in [2.75, 3.05) is 6.54 Å². The quantitative estimate of drug-likeness (QED) is 0.699. The van der Waals surface area contributed by atoms with Gasteiger partial charge in [-0.15, -0.1) is 10.2 Å². The average Bonchev–Trinajstić information content (AvgIpc) is 3.36. The highest BCUT2D eigenvalue weighted by molar-refractivity contribution is 5.47. The normalized spacial score (nSPS) is 18.3. The summed E-state index contributed by atoms with van der Waals surface area (Å²) in [4.78, 5) is 11.0. The summed E-state index contributed by atoms with van der Waals surface area (Å²) in [6.45, 7) is 5.60. The van der Waals surface area contributed by atoms with Crippen molar-refractivity contribution >= 4 is 0 Å². The van der Waals surface area contributed by atoms with E-state index >= 15 is 0 Å². The number of nitrogens with zero attached hydrogens (tertiary/aromatic N) is 6. The highest BCUT2D eigenvalue weighted by atomic mass is 16.5. The number of aromatic nitrogens is 5. The van der Waals surface area contributed by atoms with Crippen molar-refractivity contribution in [1.29, 1.82) is 0 Å². The van der Waals surface area contributed by atoms with Crippen LogP contribution in [-0.2, 0) is 6.54 Å². The lowest BCUT2D eigenvalue weighted by Crippen LogP contribution is -2.23. The molecule has 25 heavy (non-hydrogen) atoms. The van der Waals surface area contributed by atoms with E-state index in [1.807, 2.05) is 32.0 Å². The predicted molar refractivity (Wildman–Crippen MR) is 88.3 cm³/mol. The Balaban J connectivity index is 1.50. The summed E-state index contributed by atoms with van der Waals surface area (Å²) < 4.78 is 11.2. The Hall–Kier alpha value is -2.61. The molecule has 1 aliphatic rings. The average molecular weight is 340 g/mol. The Morgan fingerprint density at radius 2 is 2.20 bits per heavy atom. The smallest absolute Gasteiger partial charge is 0.244 e. The summed E-state index contributed by atoms with van der Waals surface area (Å²) in [7, 11) is 0. The molecular formula is C17H20N6O2. The monoisotopic (exact) mass is 340 g/mol. The molecule has 1 atom stereocenters. The summed E-state index contributed by atoms with van der Waals surface area (Å²) in [5.74, 6) is 2.65. The lowest BCUT2D eigenvalue weighted by Gasteiger charge is -2.19. The van der Waals surface area contributed by atoms with Gasteiger partial charge in [-0.05, 0) is 31.5 Å². The highest BCUT2D eigenvalue weighted by Gasteiger charge is 2.32. The third-order valence-corrected chi connectivity index (χ3v) is 4.30. The van der Waals surface area contributed by atoms with Gasteiger partial charge in [0, 0.05) is 12.1 Å². The Kier molecular flexibility index (Phi) is 4.27. The van der Waals surface area contributed by atoms with Crippen molar-refractivity contribution in [2.45, 2.75) is 45.2 Å². The third-order valence-electron chi connectivity index (χ3n) is 4.30. The zero-order valence-corrected chi connectivity index (χ0v) is 14.3. The van der Waals surface area contributed by atoms with Crippen molar-refractivity contribution in [3.05, 3.63) is 42.1 Å². The van der Waals surface area contributed by atoms with Gasteiger partial charge in [0.2, 0.25) is 23.5 Å². The van der Waals surface area contributed by atoms with E-state index in [4.69, 9.17) is 8.94 Å². The molecule has 1 unspecified atom stereocenters. The topological polar surface area (TPSA) is 94.0 Å². The number of hydrogen-bond acceptors (Lipinski definition) is 8. The van der Waals surface area contributed by atoms with Crippen molar-refractivity contribution in [3.8, 4) is 11.5 Å². The molecule has 0 N–H and O–H groups in total. The lowest BCUT2D eigenvalue weighted by atomic mass is 10.2. The largest absolute Gasteiger partial charge is 0.424 e. The molecule has 0 amide bonds. The van der Waals surface area contributed by atoms with Gasteiger partial charge in [0.05, 0.1) is 12.6 Å². The Bertz CT molecular complexity index is 829. The second-order valence-electron chi connectivity index (χ2n) is 6.49. The second kappa shape index (κ2) is 6.72. The van der Waals surface area contributed by atoms with E-state index in [1.165, 1.54) is 0 Å². The molecule has 3 aromatic heterocycles. The van der Waals surface area contributed by atoms with Gasteiger partial charge in [-0.2, -0.15) is 4.98 Å². The van der Waals surface area contributed by atoms with Crippen LogP contribution in [0.5, 0.6) is 0 Å². The Morgan fingerprint density at radius 1 is 1.28 bits per heavy atom. The van der Waals surface area contributed by atoms with Crippen LogP contribution in [0.3, 0.4) is 0 Å². The van der Waals surface area contributed by atoms with Crippen LogP contribution in [0.2, 0.25) is 0 Å².